The number of para-hydroxylation sites is 1. The zero-order valence-electron chi connectivity index (χ0n) is 15.1. The third-order valence-corrected chi connectivity index (χ3v) is 5.59. The number of hydrogen-bond acceptors (Lipinski definition) is 4. The minimum atomic E-state index is 0.292. The third-order valence-electron chi connectivity index (χ3n) is 5.59. The van der Waals surface area contributed by atoms with E-state index in [0.717, 1.165) is 53.9 Å². The van der Waals surface area contributed by atoms with Gasteiger partial charge < -0.3 is 10.0 Å². The molecule has 1 N–H and O–H groups in total. The second-order valence-corrected chi connectivity index (χ2v) is 7.23. The Morgan fingerprint density at radius 3 is 2.74 bits per heavy atom. The second kappa shape index (κ2) is 6.67. The molecule has 0 atom stereocenters. The first kappa shape index (κ1) is 16.3. The van der Waals surface area contributed by atoms with Crippen LogP contribution in [0.25, 0.3) is 27.9 Å². The molecule has 4 heterocycles. The molecule has 1 fully saturated rings. The summed E-state index contributed by atoms with van der Waals surface area (Å²) in [6, 6.07) is 16.6. The smallest absolute Gasteiger partial charge is 0.137 e. The number of aliphatic hydroxyl groups excluding tert-OH is 1. The van der Waals surface area contributed by atoms with Crippen LogP contribution in [0.2, 0.25) is 0 Å². The van der Waals surface area contributed by atoms with Crippen molar-refractivity contribution in [3.63, 3.8) is 0 Å². The van der Waals surface area contributed by atoms with E-state index in [-0.39, 0.29) is 0 Å². The van der Waals surface area contributed by atoms with Crippen LogP contribution in [0.1, 0.15) is 12.8 Å². The number of piperidine rings is 1. The molecular formula is C22H22N4O. The van der Waals surface area contributed by atoms with Gasteiger partial charge in [-0.3, -0.25) is 4.40 Å². The first-order valence-electron chi connectivity index (χ1n) is 9.51. The van der Waals surface area contributed by atoms with Gasteiger partial charge in [0.2, 0.25) is 0 Å². The van der Waals surface area contributed by atoms with Gasteiger partial charge in [0.15, 0.2) is 0 Å². The highest BCUT2D eigenvalue weighted by Crippen LogP contribution is 2.31. The molecule has 0 amide bonds. The molecule has 1 aliphatic rings. The summed E-state index contributed by atoms with van der Waals surface area (Å²) in [6.45, 7) is 2.22. The van der Waals surface area contributed by atoms with Gasteiger partial charge in [0.1, 0.15) is 5.65 Å². The van der Waals surface area contributed by atoms with Crippen molar-refractivity contribution < 1.29 is 5.11 Å². The summed E-state index contributed by atoms with van der Waals surface area (Å²) in [5.74, 6) is 0.429. The maximum atomic E-state index is 9.41. The molecular weight excluding hydrogens is 336 g/mol. The van der Waals surface area contributed by atoms with E-state index in [1.807, 2.05) is 30.6 Å². The number of pyridine rings is 2. The molecule has 0 saturated carbocycles. The summed E-state index contributed by atoms with van der Waals surface area (Å²) in [6.07, 6.45) is 5.97. The number of hydrogen-bond donors (Lipinski definition) is 1. The first-order valence-corrected chi connectivity index (χ1v) is 9.51. The SMILES string of the molecule is OCC1CCN(c2cccc3ccc(-c4cnc5ccccn45)nc23)CC1. The lowest BCUT2D eigenvalue weighted by Crippen LogP contribution is -2.34. The topological polar surface area (TPSA) is 53.7 Å². The number of rotatable bonds is 3. The van der Waals surface area contributed by atoms with Gasteiger partial charge in [-0.25, -0.2) is 9.97 Å². The van der Waals surface area contributed by atoms with Crippen LogP contribution >= 0.6 is 0 Å². The lowest BCUT2D eigenvalue weighted by Gasteiger charge is -2.33. The van der Waals surface area contributed by atoms with Gasteiger partial charge in [0, 0.05) is 31.3 Å². The predicted molar refractivity (Wildman–Crippen MR) is 108 cm³/mol. The van der Waals surface area contributed by atoms with Crippen molar-refractivity contribution in [3.8, 4) is 11.4 Å². The van der Waals surface area contributed by atoms with Crippen LogP contribution in [0.15, 0.2) is 60.9 Å². The van der Waals surface area contributed by atoms with Gasteiger partial charge in [-0.15, -0.1) is 0 Å². The largest absolute Gasteiger partial charge is 0.396 e. The van der Waals surface area contributed by atoms with E-state index in [9.17, 15) is 5.11 Å². The fourth-order valence-electron chi connectivity index (χ4n) is 4.01. The van der Waals surface area contributed by atoms with Crippen molar-refractivity contribution in [3.05, 3.63) is 60.9 Å². The van der Waals surface area contributed by atoms with Crippen LogP contribution in [-0.4, -0.2) is 39.2 Å². The Hall–Kier alpha value is -2.92. The van der Waals surface area contributed by atoms with E-state index in [1.165, 1.54) is 5.69 Å². The average Bonchev–Trinajstić information content (AvgIpc) is 3.17. The van der Waals surface area contributed by atoms with Crippen molar-refractivity contribution in [2.45, 2.75) is 12.8 Å². The minimum absolute atomic E-state index is 0.292. The van der Waals surface area contributed by atoms with Crippen molar-refractivity contribution in [1.29, 1.82) is 0 Å². The normalized spacial score (nSPS) is 15.7. The molecule has 4 aromatic rings. The average molecular weight is 358 g/mol. The van der Waals surface area contributed by atoms with E-state index < -0.39 is 0 Å². The predicted octanol–water partition coefficient (Wildman–Crippen LogP) is 3.76. The summed E-state index contributed by atoms with van der Waals surface area (Å²) in [5, 5.41) is 10.6. The van der Waals surface area contributed by atoms with Gasteiger partial charge in [-0.1, -0.05) is 24.3 Å². The number of aliphatic hydroxyl groups is 1. The standard InChI is InChI=1S/C22H22N4O/c27-15-16-9-12-25(13-10-16)19-5-3-4-17-7-8-18(24-22(17)19)20-14-23-21-6-1-2-11-26(20)21/h1-8,11,14,16,27H,9-10,12-13,15H2. The quantitative estimate of drug-likeness (QED) is 0.606. The van der Waals surface area contributed by atoms with Crippen molar-refractivity contribution in [2.75, 3.05) is 24.6 Å². The highest BCUT2D eigenvalue weighted by Gasteiger charge is 2.20. The van der Waals surface area contributed by atoms with Gasteiger partial charge in [0.25, 0.3) is 0 Å². The molecule has 136 valence electrons. The van der Waals surface area contributed by atoms with E-state index >= 15 is 0 Å². The van der Waals surface area contributed by atoms with E-state index in [0.29, 0.717) is 12.5 Å². The van der Waals surface area contributed by atoms with E-state index in [4.69, 9.17) is 4.98 Å². The first-order chi connectivity index (χ1) is 13.3. The Bertz CT molecular complexity index is 1100. The Morgan fingerprint density at radius 2 is 1.89 bits per heavy atom. The molecule has 0 bridgehead atoms. The van der Waals surface area contributed by atoms with Gasteiger partial charge in [-0.2, -0.15) is 0 Å². The molecule has 5 heteroatoms. The monoisotopic (exact) mass is 358 g/mol. The summed E-state index contributed by atoms with van der Waals surface area (Å²) >= 11 is 0. The molecule has 3 aromatic heterocycles. The van der Waals surface area contributed by atoms with Crippen molar-refractivity contribution in [1.82, 2.24) is 14.4 Å². The number of anilines is 1. The van der Waals surface area contributed by atoms with Crippen molar-refractivity contribution in [2.24, 2.45) is 5.92 Å². The molecule has 1 aliphatic heterocycles. The van der Waals surface area contributed by atoms with Crippen LogP contribution in [0, 0.1) is 5.92 Å². The molecule has 1 saturated heterocycles. The highest BCUT2D eigenvalue weighted by atomic mass is 16.3. The summed E-state index contributed by atoms with van der Waals surface area (Å²) in [4.78, 5) is 11.9. The van der Waals surface area contributed by atoms with Crippen LogP contribution in [0.4, 0.5) is 5.69 Å². The van der Waals surface area contributed by atoms with Crippen LogP contribution in [0.3, 0.4) is 0 Å². The Kier molecular flexibility index (Phi) is 4.02. The van der Waals surface area contributed by atoms with Gasteiger partial charge in [0.05, 0.1) is 28.8 Å². The summed E-state index contributed by atoms with van der Waals surface area (Å²) in [5.41, 5.74) is 5.07. The highest BCUT2D eigenvalue weighted by molar-refractivity contribution is 5.92. The lowest BCUT2D eigenvalue weighted by molar-refractivity contribution is 0.203. The molecule has 0 unspecified atom stereocenters. The number of aromatic nitrogens is 3. The fourth-order valence-corrected chi connectivity index (χ4v) is 4.01. The van der Waals surface area contributed by atoms with Crippen LogP contribution in [-0.2, 0) is 0 Å². The number of nitrogens with zero attached hydrogens (tertiary/aromatic N) is 4. The number of imidazole rings is 1. The molecule has 0 aliphatic carbocycles. The maximum absolute atomic E-state index is 9.41. The zero-order valence-corrected chi connectivity index (χ0v) is 15.1. The van der Waals surface area contributed by atoms with E-state index in [1.54, 1.807) is 0 Å². The molecule has 0 radical (unpaired) electrons. The summed E-state index contributed by atoms with van der Waals surface area (Å²) in [7, 11) is 0. The lowest BCUT2D eigenvalue weighted by atomic mass is 9.97. The summed E-state index contributed by atoms with van der Waals surface area (Å²) < 4.78 is 2.07. The van der Waals surface area contributed by atoms with Crippen LogP contribution < -0.4 is 4.90 Å². The molecule has 27 heavy (non-hydrogen) atoms. The number of fused-ring (bicyclic) bond motifs is 2. The Labute approximate surface area is 157 Å². The van der Waals surface area contributed by atoms with Gasteiger partial charge in [-0.05, 0) is 43.0 Å². The molecule has 0 spiro atoms. The molecule has 5 rings (SSSR count). The number of benzene rings is 1. The fraction of sp³-hybridized carbons (Fsp3) is 0.273. The molecule has 1 aromatic carbocycles. The maximum Gasteiger partial charge on any atom is 0.137 e. The third kappa shape index (κ3) is 2.84. The van der Waals surface area contributed by atoms with Gasteiger partial charge >= 0.3 is 0 Å². The van der Waals surface area contributed by atoms with Crippen molar-refractivity contribution >= 4 is 22.2 Å². The van der Waals surface area contributed by atoms with Crippen LogP contribution in [0.5, 0.6) is 0 Å². The minimum Gasteiger partial charge on any atom is -0.396 e. The Balaban J connectivity index is 1.59. The molecule has 5 nitrogen and oxygen atoms in total. The second-order valence-electron chi connectivity index (χ2n) is 7.23. The Morgan fingerprint density at radius 1 is 1.00 bits per heavy atom. The van der Waals surface area contributed by atoms with E-state index in [2.05, 4.69) is 44.6 Å². The zero-order chi connectivity index (χ0) is 18.2.